The van der Waals surface area contributed by atoms with Gasteiger partial charge in [-0.15, -0.1) is 0 Å². The van der Waals surface area contributed by atoms with Gasteiger partial charge in [0.1, 0.15) is 5.75 Å². The standard InChI is InChI=1S/C12H20N2O/c1-12(2,3)10-7-9(14-8-13)5-6-11(10)15-4/h5-7,14H,8,13H2,1-4H3. The summed E-state index contributed by atoms with van der Waals surface area (Å²) in [6.07, 6.45) is 0. The molecule has 0 bridgehead atoms. The van der Waals surface area contributed by atoms with Crippen molar-refractivity contribution >= 4 is 5.69 Å². The monoisotopic (exact) mass is 208 g/mol. The van der Waals surface area contributed by atoms with Crippen molar-refractivity contribution in [2.75, 3.05) is 19.1 Å². The average Bonchev–Trinajstić information content (AvgIpc) is 2.17. The zero-order valence-corrected chi connectivity index (χ0v) is 9.92. The first kappa shape index (κ1) is 11.9. The minimum atomic E-state index is 0.0671. The molecule has 1 aromatic rings. The molecular weight excluding hydrogens is 188 g/mol. The topological polar surface area (TPSA) is 47.3 Å². The lowest BCUT2D eigenvalue weighted by Gasteiger charge is -2.23. The molecule has 0 aliphatic heterocycles. The number of nitrogens with one attached hydrogen (secondary N) is 1. The molecule has 0 saturated carbocycles. The van der Waals surface area contributed by atoms with Crippen LogP contribution in [0.15, 0.2) is 18.2 Å². The van der Waals surface area contributed by atoms with Gasteiger partial charge in [0.25, 0.3) is 0 Å². The Balaban J connectivity index is 3.13. The Bertz CT molecular complexity index is 329. The summed E-state index contributed by atoms with van der Waals surface area (Å²) < 4.78 is 5.35. The predicted molar refractivity (Wildman–Crippen MR) is 64.4 cm³/mol. The zero-order valence-electron chi connectivity index (χ0n) is 9.92. The molecule has 0 aromatic heterocycles. The van der Waals surface area contributed by atoms with Gasteiger partial charge in [0.05, 0.1) is 13.8 Å². The Morgan fingerprint density at radius 2 is 2.00 bits per heavy atom. The van der Waals surface area contributed by atoms with E-state index in [2.05, 4.69) is 32.2 Å². The van der Waals surface area contributed by atoms with Gasteiger partial charge in [0, 0.05) is 11.3 Å². The first-order valence-electron chi connectivity index (χ1n) is 5.11. The summed E-state index contributed by atoms with van der Waals surface area (Å²) in [6, 6.07) is 6.03. The molecule has 0 heterocycles. The molecule has 0 aliphatic carbocycles. The molecule has 1 rings (SSSR count). The number of nitrogens with two attached hydrogens (primary N) is 1. The fourth-order valence-corrected chi connectivity index (χ4v) is 1.52. The van der Waals surface area contributed by atoms with Gasteiger partial charge in [0.2, 0.25) is 0 Å². The molecule has 3 nitrogen and oxygen atoms in total. The van der Waals surface area contributed by atoms with Gasteiger partial charge in [0.15, 0.2) is 0 Å². The second-order valence-electron chi connectivity index (χ2n) is 4.55. The van der Waals surface area contributed by atoms with E-state index in [1.54, 1.807) is 7.11 Å². The molecular formula is C12H20N2O. The number of methoxy groups -OCH3 is 1. The summed E-state index contributed by atoms with van der Waals surface area (Å²) in [7, 11) is 1.70. The Kier molecular flexibility index (Phi) is 3.58. The molecule has 0 fully saturated rings. The lowest BCUT2D eigenvalue weighted by atomic mass is 9.86. The summed E-state index contributed by atoms with van der Waals surface area (Å²) in [6.45, 7) is 6.93. The summed E-state index contributed by atoms with van der Waals surface area (Å²) in [5, 5.41) is 3.09. The molecule has 84 valence electrons. The maximum Gasteiger partial charge on any atom is 0.122 e. The second kappa shape index (κ2) is 4.53. The molecule has 0 unspecified atom stereocenters. The van der Waals surface area contributed by atoms with Crippen molar-refractivity contribution in [2.45, 2.75) is 26.2 Å². The van der Waals surface area contributed by atoms with Crippen LogP contribution in [0.5, 0.6) is 5.75 Å². The van der Waals surface area contributed by atoms with Crippen LogP contribution in [0.2, 0.25) is 0 Å². The van der Waals surface area contributed by atoms with Crippen molar-refractivity contribution < 1.29 is 4.74 Å². The minimum Gasteiger partial charge on any atom is -0.496 e. The zero-order chi connectivity index (χ0) is 11.5. The van der Waals surface area contributed by atoms with Gasteiger partial charge in [-0.3, -0.25) is 0 Å². The van der Waals surface area contributed by atoms with Gasteiger partial charge < -0.3 is 15.8 Å². The van der Waals surface area contributed by atoms with E-state index in [4.69, 9.17) is 10.5 Å². The van der Waals surface area contributed by atoms with Crippen molar-refractivity contribution in [1.82, 2.24) is 0 Å². The maximum absolute atomic E-state index is 5.45. The Morgan fingerprint density at radius 1 is 1.33 bits per heavy atom. The third-order valence-electron chi connectivity index (χ3n) is 2.31. The van der Waals surface area contributed by atoms with Gasteiger partial charge in [-0.1, -0.05) is 20.8 Å². The van der Waals surface area contributed by atoms with Gasteiger partial charge in [-0.25, -0.2) is 0 Å². The van der Waals surface area contributed by atoms with Gasteiger partial charge >= 0.3 is 0 Å². The maximum atomic E-state index is 5.45. The van der Waals surface area contributed by atoms with E-state index in [0.29, 0.717) is 6.67 Å². The van der Waals surface area contributed by atoms with Crippen LogP contribution in [-0.2, 0) is 5.41 Å². The molecule has 15 heavy (non-hydrogen) atoms. The Labute approximate surface area is 91.6 Å². The SMILES string of the molecule is COc1ccc(NCN)cc1C(C)(C)C. The molecule has 0 radical (unpaired) electrons. The van der Waals surface area contributed by atoms with Gasteiger partial charge in [-0.05, 0) is 23.6 Å². The van der Waals surface area contributed by atoms with Crippen LogP contribution >= 0.6 is 0 Å². The molecule has 0 spiro atoms. The smallest absolute Gasteiger partial charge is 0.122 e. The molecule has 3 N–H and O–H groups in total. The molecule has 1 aromatic carbocycles. The van der Waals surface area contributed by atoms with Crippen LogP contribution < -0.4 is 15.8 Å². The van der Waals surface area contributed by atoms with Crippen molar-refractivity contribution in [1.29, 1.82) is 0 Å². The molecule has 0 aliphatic rings. The van der Waals surface area contributed by atoms with E-state index in [0.717, 1.165) is 11.4 Å². The molecule has 0 atom stereocenters. The highest BCUT2D eigenvalue weighted by Crippen LogP contribution is 2.33. The summed E-state index contributed by atoms with van der Waals surface area (Å²) >= 11 is 0. The minimum absolute atomic E-state index is 0.0671. The largest absolute Gasteiger partial charge is 0.496 e. The number of benzene rings is 1. The molecule has 0 saturated heterocycles. The molecule has 3 heteroatoms. The van der Waals surface area contributed by atoms with Gasteiger partial charge in [-0.2, -0.15) is 0 Å². The van der Waals surface area contributed by atoms with Crippen LogP contribution in [-0.4, -0.2) is 13.8 Å². The van der Waals surface area contributed by atoms with E-state index in [1.807, 2.05) is 12.1 Å². The van der Waals surface area contributed by atoms with Crippen molar-refractivity contribution in [3.8, 4) is 5.75 Å². The first-order valence-corrected chi connectivity index (χ1v) is 5.11. The highest BCUT2D eigenvalue weighted by Gasteiger charge is 2.18. The Morgan fingerprint density at radius 3 is 2.47 bits per heavy atom. The van der Waals surface area contributed by atoms with Crippen LogP contribution in [0.25, 0.3) is 0 Å². The average molecular weight is 208 g/mol. The number of hydrogen-bond donors (Lipinski definition) is 2. The summed E-state index contributed by atoms with van der Waals surface area (Å²) in [5.74, 6) is 0.921. The quantitative estimate of drug-likeness (QED) is 0.749. The van der Waals surface area contributed by atoms with Crippen LogP contribution in [0.4, 0.5) is 5.69 Å². The summed E-state index contributed by atoms with van der Waals surface area (Å²) in [5.41, 5.74) is 7.73. The fourth-order valence-electron chi connectivity index (χ4n) is 1.52. The predicted octanol–water partition coefficient (Wildman–Crippen LogP) is 2.32. The normalized spacial score (nSPS) is 11.3. The van der Waals surface area contributed by atoms with E-state index in [1.165, 1.54) is 5.56 Å². The van der Waals surface area contributed by atoms with Crippen molar-refractivity contribution in [3.63, 3.8) is 0 Å². The third kappa shape index (κ3) is 2.86. The number of anilines is 1. The van der Waals surface area contributed by atoms with Crippen molar-refractivity contribution in [2.24, 2.45) is 5.73 Å². The van der Waals surface area contributed by atoms with E-state index in [-0.39, 0.29) is 5.41 Å². The fraction of sp³-hybridized carbons (Fsp3) is 0.500. The van der Waals surface area contributed by atoms with Crippen LogP contribution in [0.1, 0.15) is 26.3 Å². The number of hydrogen-bond acceptors (Lipinski definition) is 3. The lowest BCUT2D eigenvalue weighted by Crippen LogP contribution is -2.15. The highest BCUT2D eigenvalue weighted by atomic mass is 16.5. The van der Waals surface area contributed by atoms with Crippen LogP contribution in [0, 0.1) is 0 Å². The van der Waals surface area contributed by atoms with Crippen molar-refractivity contribution in [3.05, 3.63) is 23.8 Å². The highest BCUT2D eigenvalue weighted by molar-refractivity contribution is 5.53. The molecule has 0 amide bonds. The van der Waals surface area contributed by atoms with Crippen LogP contribution in [0.3, 0.4) is 0 Å². The number of rotatable bonds is 3. The van der Waals surface area contributed by atoms with E-state index < -0.39 is 0 Å². The third-order valence-corrected chi connectivity index (χ3v) is 2.31. The Hall–Kier alpha value is -1.22. The lowest BCUT2D eigenvalue weighted by molar-refractivity contribution is 0.397. The van der Waals surface area contributed by atoms with E-state index in [9.17, 15) is 0 Å². The second-order valence-corrected chi connectivity index (χ2v) is 4.55. The number of ether oxygens (including phenoxy) is 1. The summed E-state index contributed by atoms with van der Waals surface area (Å²) in [4.78, 5) is 0. The first-order chi connectivity index (χ1) is 6.99. The van der Waals surface area contributed by atoms with E-state index >= 15 is 0 Å².